The van der Waals surface area contributed by atoms with Crippen molar-refractivity contribution in [2.45, 2.75) is 13.1 Å². The quantitative estimate of drug-likeness (QED) is 0.446. The Hall–Kier alpha value is -2.58. The number of aliphatic imine (C=N–C) groups is 1. The van der Waals surface area contributed by atoms with E-state index in [1.807, 2.05) is 29.9 Å². The van der Waals surface area contributed by atoms with Crippen LogP contribution < -0.4 is 15.4 Å². The molecule has 1 aromatic heterocycles. The maximum absolute atomic E-state index is 5.87. The smallest absolute Gasteiger partial charge is 0.191 e. The third-order valence-corrected chi connectivity index (χ3v) is 4.36. The molecule has 0 unspecified atom stereocenters. The molecule has 154 valence electrons. The lowest BCUT2D eigenvalue weighted by molar-refractivity contribution is 0.150. The second-order valence-corrected chi connectivity index (χ2v) is 6.52. The highest BCUT2D eigenvalue weighted by Gasteiger charge is 2.03. The summed E-state index contributed by atoms with van der Waals surface area (Å²) in [6, 6.07) is 10.1. The summed E-state index contributed by atoms with van der Waals surface area (Å²) in [4.78, 5) is 6.45. The molecule has 0 aliphatic heterocycles. The van der Waals surface area contributed by atoms with Crippen LogP contribution >= 0.6 is 0 Å². The van der Waals surface area contributed by atoms with E-state index < -0.39 is 0 Å². The highest BCUT2D eigenvalue weighted by molar-refractivity contribution is 5.79. The minimum Gasteiger partial charge on any atom is -0.492 e. The molecule has 0 radical (unpaired) electrons. The summed E-state index contributed by atoms with van der Waals surface area (Å²) in [6.45, 7) is 4.45. The highest BCUT2D eigenvalue weighted by Crippen LogP contribution is 2.13. The van der Waals surface area contributed by atoms with Crippen LogP contribution in [-0.4, -0.2) is 68.1 Å². The number of hydrogen-bond donors (Lipinski definition) is 2. The fourth-order valence-corrected chi connectivity index (χ4v) is 2.58. The average Bonchev–Trinajstić information content (AvgIpc) is 3.11. The van der Waals surface area contributed by atoms with Crippen LogP contribution in [0.3, 0.4) is 0 Å². The van der Waals surface area contributed by atoms with Crippen LogP contribution in [0.2, 0.25) is 0 Å². The second kappa shape index (κ2) is 12.0. The molecule has 2 N–H and O–H groups in total. The topological polar surface area (TPSA) is 75.9 Å². The van der Waals surface area contributed by atoms with E-state index in [-0.39, 0.29) is 0 Å². The van der Waals surface area contributed by atoms with Gasteiger partial charge in [-0.2, -0.15) is 5.10 Å². The molecule has 0 amide bonds. The molecule has 0 bridgehead atoms. The zero-order valence-electron chi connectivity index (χ0n) is 17.3. The fourth-order valence-electron chi connectivity index (χ4n) is 2.58. The summed E-state index contributed by atoms with van der Waals surface area (Å²) in [7, 11) is 7.46. The first-order chi connectivity index (χ1) is 13.6. The van der Waals surface area contributed by atoms with E-state index in [0.717, 1.165) is 42.7 Å². The van der Waals surface area contributed by atoms with Crippen molar-refractivity contribution < 1.29 is 9.47 Å². The second-order valence-electron chi connectivity index (χ2n) is 6.52. The molecule has 1 heterocycles. The van der Waals surface area contributed by atoms with Crippen LogP contribution in [0.4, 0.5) is 0 Å². The van der Waals surface area contributed by atoms with E-state index in [1.165, 1.54) is 0 Å². The zero-order valence-corrected chi connectivity index (χ0v) is 17.3. The number of likely N-dealkylation sites (N-methyl/N-ethyl adjacent to an activating group) is 1. The highest BCUT2D eigenvalue weighted by atomic mass is 16.5. The molecule has 0 saturated heterocycles. The van der Waals surface area contributed by atoms with Gasteiger partial charge in [-0.1, -0.05) is 12.1 Å². The predicted octanol–water partition coefficient (Wildman–Crippen LogP) is 1.24. The van der Waals surface area contributed by atoms with Crippen molar-refractivity contribution in [1.82, 2.24) is 25.3 Å². The average molecular weight is 389 g/mol. The minimum absolute atomic E-state index is 0.644. The Balaban J connectivity index is 1.75. The van der Waals surface area contributed by atoms with Gasteiger partial charge in [0.15, 0.2) is 5.96 Å². The molecule has 2 aromatic rings. The Bertz CT molecular complexity index is 731. The van der Waals surface area contributed by atoms with Gasteiger partial charge >= 0.3 is 0 Å². The van der Waals surface area contributed by atoms with Gasteiger partial charge in [0.25, 0.3) is 0 Å². The summed E-state index contributed by atoms with van der Waals surface area (Å²) >= 11 is 0. The van der Waals surface area contributed by atoms with Gasteiger partial charge in [0.2, 0.25) is 0 Å². The van der Waals surface area contributed by atoms with Crippen molar-refractivity contribution in [3.05, 3.63) is 47.8 Å². The lowest BCUT2D eigenvalue weighted by Crippen LogP contribution is -2.36. The van der Waals surface area contributed by atoms with Gasteiger partial charge in [0.05, 0.1) is 18.8 Å². The van der Waals surface area contributed by atoms with Crippen molar-refractivity contribution in [1.29, 1.82) is 0 Å². The van der Waals surface area contributed by atoms with Crippen molar-refractivity contribution in [2.75, 3.05) is 47.5 Å². The third kappa shape index (κ3) is 7.58. The van der Waals surface area contributed by atoms with Gasteiger partial charge in [-0.05, 0) is 30.8 Å². The molecule has 0 spiro atoms. The van der Waals surface area contributed by atoms with E-state index in [2.05, 4.69) is 44.8 Å². The van der Waals surface area contributed by atoms with Crippen LogP contribution in [0, 0.1) is 0 Å². The van der Waals surface area contributed by atoms with Gasteiger partial charge in [-0.15, -0.1) is 0 Å². The maximum Gasteiger partial charge on any atom is 0.191 e. The maximum atomic E-state index is 5.87. The monoisotopic (exact) mass is 388 g/mol. The number of benzene rings is 1. The summed E-state index contributed by atoms with van der Waals surface area (Å²) < 4.78 is 12.8. The lowest BCUT2D eigenvalue weighted by Gasteiger charge is -2.16. The number of aryl methyl sites for hydroxylation is 1. The number of nitrogens with one attached hydrogen (secondary N) is 2. The van der Waals surface area contributed by atoms with Crippen LogP contribution in [-0.2, 0) is 24.9 Å². The molecule has 0 aliphatic rings. The van der Waals surface area contributed by atoms with E-state index in [0.29, 0.717) is 19.7 Å². The number of nitrogens with zero attached hydrogens (tertiary/aromatic N) is 4. The summed E-state index contributed by atoms with van der Waals surface area (Å²) in [5.41, 5.74) is 2.22. The summed E-state index contributed by atoms with van der Waals surface area (Å²) in [5.74, 6) is 1.62. The SMILES string of the molecule is CN=C(NCc1cccc(OCCN(C)CCOC)c1)NCc1ccnn1C. The Morgan fingerprint density at radius 3 is 2.68 bits per heavy atom. The molecule has 0 aliphatic carbocycles. The van der Waals surface area contributed by atoms with Gasteiger partial charge < -0.3 is 25.0 Å². The molecular weight excluding hydrogens is 356 g/mol. The van der Waals surface area contributed by atoms with Crippen molar-refractivity contribution in [2.24, 2.45) is 12.0 Å². The number of hydrogen-bond acceptors (Lipinski definition) is 5. The Kier molecular flexibility index (Phi) is 9.30. The van der Waals surface area contributed by atoms with E-state index in [1.54, 1.807) is 20.4 Å². The minimum atomic E-state index is 0.644. The van der Waals surface area contributed by atoms with Crippen LogP contribution in [0.25, 0.3) is 0 Å². The number of methoxy groups -OCH3 is 1. The first-order valence-electron chi connectivity index (χ1n) is 9.43. The van der Waals surface area contributed by atoms with Crippen LogP contribution in [0.1, 0.15) is 11.3 Å². The van der Waals surface area contributed by atoms with Gasteiger partial charge in [-0.3, -0.25) is 9.67 Å². The Morgan fingerprint density at radius 2 is 1.96 bits per heavy atom. The Morgan fingerprint density at radius 1 is 1.18 bits per heavy atom. The molecule has 1 aromatic carbocycles. The van der Waals surface area contributed by atoms with Crippen LogP contribution in [0.15, 0.2) is 41.5 Å². The van der Waals surface area contributed by atoms with E-state index in [4.69, 9.17) is 9.47 Å². The normalized spacial score (nSPS) is 11.7. The predicted molar refractivity (Wildman–Crippen MR) is 112 cm³/mol. The summed E-state index contributed by atoms with van der Waals surface area (Å²) in [5, 5.41) is 10.8. The number of guanidine groups is 1. The summed E-state index contributed by atoms with van der Waals surface area (Å²) in [6.07, 6.45) is 1.79. The zero-order chi connectivity index (χ0) is 20.2. The fraction of sp³-hybridized carbons (Fsp3) is 0.500. The van der Waals surface area contributed by atoms with Crippen LogP contribution in [0.5, 0.6) is 5.75 Å². The Labute approximate surface area is 167 Å². The van der Waals surface area contributed by atoms with E-state index in [9.17, 15) is 0 Å². The molecule has 0 saturated carbocycles. The van der Waals surface area contributed by atoms with Gasteiger partial charge in [0, 0.05) is 47.0 Å². The largest absolute Gasteiger partial charge is 0.492 e. The van der Waals surface area contributed by atoms with Gasteiger partial charge in [0.1, 0.15) is 12.4 Å². The number of ether oxygens (including phenoxy) is 2. The first kappa shape index (κ1) is 21.7. The van der Waals surface area contributed by atoms with E-state index >= 15 is 0 Å². The molecule has 2 rings (SSSR count). The first-order valence-corrected chi connectivity index (χ1v) is 9.43. The number of rotatable bonds is 11. The number of aromatic nitrogens is 2. The standard InChI is InChI=1S/C20H32N6O2/c1-21-20(23-16-18-8-9-24-26(18)3)22-15-17-6-5-7-19(14-17)28-13-11-25(2)10-12-27-4/h5-9,14H,10-13,15-16H2,1-4H3,(H2,21,22,23). The third-order valence-electron chi connectivity index (χ3n) is 4.36. The van der Waals surface area contributed by atoms with Crippen molar-refractivity contribution in [3.8, 4) is 5.75 Å². The molecular formula is C20H32N6O2. The molecule has 0 atom stereocenters. The van der Waals surface area contributed by atoms with Crippen molar-refractivity contribution >= 4 is 5.96 Å². The molecule has 28 heavy (non-hydrogen) atoms. The molecule has 8 heteroatoms. The molecule has 0 fully saturated rings. The molecule has 8 nitrogen and oxygen atoms in total. The lowest BCUT2D eigenvalue weighted by atomic mass is 10.2. The van der Waals surface area contributed by atoms with Gasteiger partial charge in [-0.25, -0.2) is 0 Å². The van der Waals surface area contributed by atoms with Crippen molar-refractivity contribution in [3.63, 3.8) is 0 Å².